The minimum absolute atomic E-state index is 0.0500. The standard InChI is InChI=1S/C19H22N2O3/c1-14(19(22)20-13-15-6-3-2-4-7-15)21-16-8-9-17-18(12-16)24-11-5-10-23-17/h2-4,6-9,12,14,21H,5,10-11,13H2,1H3,(H,20,22). The van der Waals surface area contributed by atoms with E-state index in [2.05, 4.69) is 10.6 Å². The van der Waals surface area contributed by atoms with Gasteiger partial charge in [0.1, 0.15) is 6.04 Å². The van der Waals surface area contributed by atoms with Crippen LogP contribution in [0, 0.1) is 0 Å². The highest BCUT2D eigenvalue weighted by Crippen LogP contribution is 2.32. The number of fused-ring (bicyclic) bond motifs is 1. The average molecular weight is 326 g/mol. The van der Waals surface area contributed by atoms with Gasteiger partial charge in [0, 0.05) is 24.7 Å². The lowest BCUT2D eigenvalue weighted by Gasteiger charge is -2.16. The van der Waals surface area contributed by atoms with Crippen molar-refractivity contribution in [3.05, 3.63) is 54.1 Å². The third kappa shape index (κ3) is 4.19. The molecule has 5 nitrogen and oxygen atoms in total. The number of anilines is 1. The van der Waals surface area contributed by atoms with Crippen LogP contribution in [0.1, 0.15) is 18.9 Å². The van der Waals surface area contributed by atoms with Crippen molar-refractivity contribution in [2.45, 2.75) is 25.9 Å². The maximum absolute atomic E-state index is 12.2. The van der Waals surface area contributed by atoms with Crippen LogP contribution < -0.4 is 20.1 Å². The van der Waals surface area contributed by atoms with Crippen molar-refractivity contribution in [1.82, 2.24) is 5.32 Å². The fraction of sp³-hybridized carbons (Fsp3) is 0.316. The van der Waals surface area contributed by atoms with Gasteiger partial charge in [-0.3, -0.25) is 4.79 Å². The first-order valence-electron chi connectivity index (χ1n) is 8.20. The molecule has 0 fully saturated rings. The van der Waals surface area contributed by atoms with Crippen molar-refractivity contribution < 1.29 is 14.3 Å². The van der Waals surface area contributed by atoms with Gasteiger partial charge in [0.15, 0.2) is 11.5 Å². The summed E-state index contributed by atoms with van der Waals surface area (Å²) in [6.07, 6.45) is 0.871. The second kappa shape index (κ2) is 7.73. The van der Waals surface area contributed by atoms with Gasteiger partial charge in [0.05, 0.1) is 13.2 Å². The molecule has 1 amide bonds. The van der Waals surface area contributed by atoms with Gasteiger partial charge >= 0.3 is 0 Å². The monoisotopic (exact) mass is 326 g/mol. The molecule has 3 rings (SSSR count). The molecule has 0 aromatic heterocycles. The van der Waals surface area contributed by atoms with E-state index in [1.54, 1.807) is 0 Å². The highest BCUT2D eigenvalue weighted by atomic mass is 16.5. The summed E-state index contributed by atoms with van der Waals surface area (Å²) in [6, 6.07) is 15.2. The molecule has 0 aliphatic carbocycles. The lowest BCUT2D eigenvalue weighted by atomic mass is 10.2. The van der Waals surface area contributed by atoms with Gasteiger partial charge in [-0.05, 0) is 24.6 Å². The largest absolute Gasteiger partial charge is 0.490 e. The molecule has 0 saturated carbocycles. The van der Waals surface area contributed by atoms with Crippen LogP contribution in [0.5, 0.6) is 11.5 Å². The number of hydrogen-bond acceptors (Lipinski definition) is 4. The van der Waals surface area contributed by atoms with E-state index in [0.29, 0.717) is 19.8 Å². The Morgan fingerprint density at radius 3 is 2.62 bits per heavy atom. The molecule has 126 valence electrons. The van der Waals surface area contributed by atoms with Crippen molar-refractivity contribution in [2.24, 2.45) is 0 Å². The molecule has 1 aliphatic heterocycles. The maximum Gasteiger partial charge on any atom is 0.242 e. The Morgan fingerprint density at radius 2 is 1.83 bits per heavy atom. The Bertz CT molecular complexity index is 688. The molecule has 5 heteroatoms. The van der Waals surface area contributed by atoms with Crippen LogP contribution in [0.4, 0.5) is 5.69 Å². The fourth-order valence-corrected chi connectivity index (χ4v) is 2.51. The molecular formula is C19H22N2O3. The van der Waals surface area contributed by atoms with Gasteiger partial charge in [-0.15, -0.1) is 0 Å². The maximum atomic E-state index is 12.2. The highest BCUT2D eigenvalue weighted by Gasteiger charge is 2.15. The quantitative estimate of drug-likeness (QED) is 0.887. The summed E-state index contributed by atoms with van der Waals surface area (Å²) in [5, 5.41) is 6.13. The second-order valence-electron chi connectivity index (χ2n) is 5.78. The number of hydrogen-bond donors (Lipinski definition) is 2. The molecule has 2 aromatic carbocycles. The fourth-order valence-electron chi connectivity index (χ4n) is 2.51. The number of nitrogens with one attached hydrogen (secondary N) is 2. The number of carbonyl (C=O) groups excluding carboxylic acids is 1. The summed E-state index contributed by atoms with van der Waals surface area (Å²) in [4.78, 5) is 12.2. The summed E-state index contributed by atoms with van der Waals surface area (Å²) in [7, 11) is 0. The van der Waals surface area contributed by atoms with Crippen LogP contribution >= 0.6 is 0 Å². The van der Waals surface area contributed by atoms with E-state index in [1.807, 2.05) is 55.5 Å². The van der Waals surface area contributed by atoms with Crippen LogP contribution in [-0.4, -0.2) is 25.2 Å². The van der Waals surface area contributed by atoms with Crippen molar-refractivity contribution in [2.75, 3.05) is 18.5 Å². The predicted octanol–water partition coefficient (Wildman–Crippen LogP) is 2.96. The SMILES string of the molecule is CC(Nc1ccc2c(c1)OCCCO2)C(=O)NCc1ccccc1. The van der Waals surface area contributed by atoms with Crippen LogP contribution in [0.25, 0.3) is 0 Å². The minimum Gasteiger partial charge on any atom is -0.490 e. The Labute approximate surface area is 142 Å². The molecule has 2 N–H and O–H groups in total. The number of rotatable bonds is 5. The molecule has 1 aliphatic rings. The number of carbonyl (C=O) groups is 1. The molecule has 0 bridgehead atoms. The molecule has 0 saturated heterocycles. The first kappa shape index (κ1) is 16.2. The normalized spacial score (nSPS) is 14.4. The first-order chi connectivity index (χ1) is 11.7. The van der Waals surface area contributed by atoms with Gasteiger partial charge < -0.3 is 20.1 Å². The van der Waals surface area contributed by atoms with Crippen LogP contribution in [0.3, 0.4) is 0 Å². The van der Waals surface area contributed by atoms with Crippen molar-refractivity contribution in [1.29, 1.82) is 0 Å². The van der Waals surface area contributed by atoms with Crippen molar-refractivity contribution >= 4 is 11.6 Å². The number of ether oxygens (including phenoxy) is 2. The molecule has 0 radical (unpaired) electrons. The van der Waals surface area contributed by atoms with Crippen LogP contribution in [0.2, 0.25) is 0 Å². The first-order valence-corrected chi connectivity index (χ1v) is 8.20. The zero-order chi connectivity index (χ0) is 16.8. The summed E-state index contributed by atoms with van der Waals surface area (Å²) in [5.41, 5.74) is 1.91. The molecule has 1 heterocycles. The molecule has 1 atom stereocenters. The molecule has 2 aromatic rings. The molecule has 0 spiro atoms. The second-order valence-corrected chi connectivity index (χ2v) is 5.78. The van der Waals surface area contributed by atoms with E-state index >= 15 is 0 Å². The smallest absolute Gasteiger partial charge is 0.242 e. The number of amides is 1. The van der Waals surface area contributed by atoms with E-state index in [4.69, 9.17) is 9.47 Å². The van der Waals surface area contributed by atoms with Gasteiger partial charge in [-0.25, -0.2) is 0 Å². The summed E-state index contributed by atoms with van der Waals surface area (Å²) in [6.45, 7) is 3.66. The summed E-state index contributed by atoms with van der Waals surface area (Å²) in [5.74, 6) is 1.42. The van der Waals surface area contributed by atoms with Gasteiger partial charge in [-0.1, -0.05) is 30.3 Å². The summed E-state index contributed by atoms with van der Waals surface area (Å²) < 4.78 is 11.3. The zero-order valence-corrected chi connectivity index (χ0v) is 13.7. The lowest BCUT2D eigenvalue weighted by Crippen LogP contribution is -2.37. The van der Waals surface area contributed by atoms with Gasteiger partial charge in [0.25, 0.3) is 0 Å². The third-order valence-corrected chi connectivity index (χ3v) is 3.83. The topological polar surface area (TPSA) is 59.6 Å². The van der Waals surface area contributed by atoms with E-state index in [0.717, 1.165) is 29.2 Å². The van der Waals surface area contributed by atoms with E-state index in [9.17, 15) is 4.79 Å². The van der Waals surface area contributed by atoms with E-state index < -0.39 is 0 Å². The van der Waals surface area contributed by atoms with E-state index in [-0.39, 0.29) is 11.9 Å². The third-order valence-electron chi connectivity index (χ3n) is 3.83. The molecule has 1 unspecified atom stereocenters. The Hall–Kier alpha value is -2.69. The molecular weight excluding hydrogens is 304 g/mol. The predicted molar refractivity (Wildman–Crippen MR) is 93.4 cm³/mol. The zero-order valence-electron chi connectivity index (χ0n) is 13.7. The number of benzene rings is 2. The Balaban J connectivity index is 1.57. The van der Waals surface area contributed by atoms with Crippen molar-refractivity contribution in [3.8, 4) is 11.5 Å². The Morgan fingerprint density at radius 1 is 1.08 bits per heavy atom. The van der Waals surface area contributed by atoms with Gasteiger partial charge in [0.2, 0.25) is 5.91 Å². The highest BCUT2D eigenvalue weighted by molar-refractivity contribution is 5.84. The average Bonchev–Trinajstić information content (AvgIpc) is 2.85. The Kier molecular flexibility index (Phi) is 5.21. The lowest BCUT2D eigenvalue weighted by molar-refractivity contribution is -0.121. The van der Waals surface area contributed by atoms with Crippen LogP contribution in [-0.2, 0) is 11.3 Å². The molecule has 24 heavy (non-hydrogen) atoms. The minimum atomic E-state index is -0.349. The van der Waals surface area contributed by atoms with Crippen LogP contribution in [0.15, 0.2) is 48.5 Å². The van der Waals surface area contributed by atoms with Gasteiger partial charge in [-0.2, -0.15) is 0 Å². The summed E-state index contributed by atoms with van der Waals surface area (Å²) >= 11 is 0. The van der Waals surface area contributed by atoms with Crippen molar-refractivity contribution in [3.63, 3.8) is 0 Å². The van der Waals surface area contributed by atoms with E-state index in [1.165, 1.54) is 0 Å².